The Kier molecular flexibility index (Phi) is 5.88. The van der Waals surface area contributed by atoms with Crippen molar-refractivity contribution < 1.29 is 9.53 Å². The number of hydrogen-bond donors (Lipinski definition) is 2. The van der Waals surface area contributed by atoms with Gasteiger partial charge in [0.1, 0.15) is 5.75 Å². The molecule has 0 unspecified atom stereocenters. The van der Waals surface area contributed by atoms with E-state index >= 15 is 0 Å². The van der Waals surface area contributed by atoms with E-state index < -0.39 is 0 Å². The summed E-state index contributed by atoms with van der Waals surface area (Å²) < 4.78 is 7.77. The van der Waals surface area contributed by atoms with Crippen LogP contribution in [0.25, 0.3) is 16.1 Å². The molecule has 5 rings (SSSR count). The topological polar surface area (TPSA) is 107 Å². The fourth-order valence-electron chi connectivity index (χ4n) is 5.02. The first kappa shape index (κ1) is 21.9. The number of amides is 1. The number of fused-ring (bicyclic) bond motifs is 4. The van der Waals surface area contributed by atoms with Gasteiger partial charge in [-0.05, 0) is 67.4 Å². The van der Waals surface area contributed by atoms with Crippen molar-refractivity contribution in [3.8, 4) is 11.4 Å². The molecule has 34 heavy (non-hydrogen) atoms. The molecule has 2 aliphatic heterocycles. The molecule has 0 aliphatic carbocycles. The number of nitrogens with zero attached hydrogens (tertiary/aromatic N) is 5. The predicted molar refractivity (Wildman–Crippen MR) is 130 cm³/mol. The Morgan fingerprint density at radius 3 is 2.85 bits per heavy atom. The maximum atomic E-state index is 13.2. The van der Waals surface area contributed by atoms with Crippen molar-refractivity contribution in [2.45, 2.75) is 24.9 Å². The van der Waals surface area contributed by atoms with Gasteiger partial charge in [0, 0.05) is 48.1 Å². The summed E-state index contributed by atoms with van der Waals surface area (Å²) in [4.78, 5) is 17.9. The van der Waals surface area contributed by atoms with Crippen molar-refractivity contribution in [1.82, 2.24) is 14.8 Å². The number of benzene rings is 2. The molecule has 2 N–H and O–H groups in total. The smallest absolute Gasteiger partial charge is 0.253 e. The van der Waals surface area contributed by atoms with E-state index in [1.807, 2.05) is 54.4 Å². The van der Waals surface area contributed by atoms with Crippen molar-refractivity contribution in [3.63, 3.8) is 0 Å². The molecule has 2 aromatic carbocycles. The highest BCUT2D eigenvalue weighted by Crippen LogP contribution is 2.44. The maximum Gasteiger partial charge on any atom is 0.253 e. The zero-order valence-electron chi connectivity index (χ0n) is 19.1. The SMILES string of the molecule is CNCc1cccc(C(=O)N2CCC3(CC2)Nc2cc(OCN=[N+]=[N-])ccc2-n2cccc23)c1. The van der Waals surface area contributed by atoms with Crippen molar-refractivity contribution >= 4 is 11.6 Å². The van der Waals surface area contributed by atoms with Gasteiger partial charge >= 0.3 is 0 Å². The molecule has 0 atom stereocenters. The van der Waals surface area contributed by atoms with Crippen LogP contribution in [0.1, 0.15) is 34.5 Å². The fourth-order valence-corrected chi connectivity index (χ4v) is 5.02. The van der Waals surface area contributed by atoms with E-state index in [1.165, 1.54) is 5.69 Å². The minimum absolute atomic E-state index is 0.0538. The highest BCUT2D eigenvalue weighted by Gasteiger charge is 2.42. The molecule has 3 aromatic rings. The number of nitrogens with one attached hydrogen (secondary N) is 2. The second kappa shape index (κ2) is 9.13. The summed E-state index contributed by atoms with van der Waals surface area (Å²) >= 11 is 0. The summed E-state index contributed by atoms with van der Waals surface area (Å²) in [6, 6.07) is 17.9. The number of hydrogen-bond acceptors (Lipinski definition) is 5. The average molecular weight is 458 g/mol. The summed E-state index contributed by atoms with van der Waals surface area (Å²) in [5, 5.41) is 10.3. The van der Waals surface area contributed by atoms with Crippen LogP contribution in [0.15, 0.2) is 65.9 Å². The molecule has 2 aliphatic rings. The maximum absolute atomic E-state index is 13.2. The van der Waals surface area contributed by atoms with Crippen LogP contribution in [0.3, 0.4) is 0 Å². The first-order chi connectivity index (χ1) is 16.6. The molecule has 0 radical (unpaired) electrons. The van der Waals surface area contributed by atoms with Crippen LogP contribution < -0.4 is 15.4 Å². The second-order valence-corrected chi connectivity index (χ2v) is 8.68. The van der Waals surface area contributed by atoms with E-state index in [0.29, 0.717) is 18.8 Å². The Balaban J connectivity index is 1.36. The molecule has 3 heterocycles. The van der Waals surface area contributed by atoms with E-state index in [9.17, 15) is 4.79 Å². The van der Waals surface area contributed by atoms with Gasteiger partial charge in [0.2, 0.25) is 0 Å². The third kappa shape index (κ3) is 3.96. The van der Waals surface area contributed by atoms with Gasteiger partial charge in [-0.1, -0.05) is 17.2 Å². The number of carbonyl (C=O) groups is 1. The lowest BCUT2D eigenvalue weighted by molar-refractivity contribution is 0.0676. The Hall–Kier alpha value is -3.94. The molecule has 174 valence electrons. The average Bonchev–Trinajstić information content (AvgIpc) is 3.36. The monoisotopic (exact) mass is 457 g/mol. The zero-order valence-corrected chi connectivity index (χ0v) is 19.1. The van der Waals surface area contributed by atoms with Gasteiger partial charge in [-0.25, -0.2) is 0 Å². The molecule has 9 nitrogen and oxygen atoms in total. The van der Waals surface area contributed by atoms with Crippen LogP contribution in [0.5, 0.6) is 5.75 Å². The predicted octanol–water partition coefficient (Wildman–Crippen LogP) is 4.40. The number of azide groups is 1. The summed E-state index contributed by atoms with van der Waals surface area (Å²) in [5.74, 6) is 0.714. The van der Waals surface area contributed by atoms with Crippen molar-refractivity contribution in [1.29, 1.82) is 0 Å². The van der Waals surface area contributed by atoms with Crippen LogP contribution >= 0.6 is 0 Å². The minimum atomic E-state index is -0.273. The molecule has 1 fully saturated rings. The van der Waals surface area contributed by atoms with E-state index in [-0.39, 0.29) is 18.2 Å². The molecule has 1 saturated heterocycles. The lowest BCUT2D eigenvalue weighted by Gasteiger charge is -2.46. The molecular weight excluding hydrogens is 430 g/mol. The lowest BCUT2D eigenvalue weighted by atomic mass is 9.82. The van der Waals surface area contributed by atoms with Crippen LogP contribution in [0, 0.1) is 0 Å². The number of aromatic nitrogens is 1. The van der Waals surface area contributed by atoms with Gasteiger partial charge in [0.05, 0.1) is 16.9 Å². The number of ether oxygens (including phenoxy) is 1. The number of anilines is 1. The minimum Gasteiger partial charge on any atom is -0.487 e. The summed E-state index contributed by atoms with van der Waals surface area (Å²) in [5.41, 5.74) is 13.3. The Morgan fingerprint density at radius 2 is 2.06 bits per heavy atom. The van der Waals surface area contributed by atoms with Gasteiger partial charge < -0.3 is 24.8 Å². The van der Waals surface area contributed by atoms with E-state index in [2.05, 4.69) is 43.6 Å². The standard InChI is InChI=1S/C25H27N7O2/c1-27-16-18-4-2-5-19(14-18)24(33)31-12-9-25(10-13-31)23-6-3-11-32(23)22-8-7-20(15-21(22)29-25)34-17-28-30-26/h2-8,11,14-15,27,29H,9-10,12-13,16-17H2,1H3. The molecule has 0 saturated carbocycles. The molecule has 1 spiro atoms. The van der Waals surface area contributed by atoms with Crippen LogP contribution in [-0.2, 0) is 12.1 Å². The van der Waals surface area contributed by atoms with Gasteiger partial charge in [-0.3, -0.25) is 4.79 Å². The zero-order chi connectivity index (χ0) is 23.5. The summed E-state index contributed by atoms with van der Waals surface area (Å²) in [6.07, 6.45) is 3.66. The molecule has 1 aromatic heterocycles. The summed E-state index contributed by atoms with van der Waals surface area (Å²) in [7, 11) is 1.90. The number of rotatable bonds is 6. The van der Waals surface area contributed by atoms with Crippen molar-refractivity contribution in [3.05, 3.63) is 88.1 Å². The van der Waals surface area contributed by atoms with Gasteiger partial charge in [0.15, 0.2) is 6.73 Å². The number of piperidine rings is 1. The highest BCUT2D eigenvalue weighted by atomic mass is 16.5. The van der Waals surface area contributed by atoms with Crippen LogP contribution in [-0.4, -0.2) is 42.2 Å². The number of carbonyl (C=O) groups excluding carboxylic acids is 1. The third-order valence-corrected chi connectivity index (χ3v) is 6.65. The summed E-state index contributed by atoms with van der Waals surface area (Å²) in [6.45, 7) is 2.01. The molecule has 1 amide bonds. The Bertz CT molecular complexity index is 1250. The van der Waals surface area contributed by atoms with E-state index in [1.54, 1.807) is 0 Å². The van der Waals surface area contributed by atoms with Gasteiger partial charge in [-0.15, -0.1) is 0 Å². The van der Waals surface area contributed by atoms with Gasteiger partial charge in [0.25, 0.3) is 5.91 Å². The Morgan fingerprint density at radius 1 is 1.21 bits per heavy atom. The van der Waals surface area contributed by atoms with Crippen molar-refractivity contribution in [2.75, 3.05) is 32.2 Å². The Labute approximate surface area is 198 Å². The molecule has 0 bridgehead atoms. The first-order valence-corrected chi connectivity index (χ1v) is 11.4. The first-order valence-electron chi connectivity index (χ1n) is 11.4. The normalized spacial score (nSPS) is 15.6. The molecular formula is C25H27N7O2. The fraction of sp³-hybridized carbons (Fsp3) is 0.320. The largest absolute Gasteiger partial charge is 0.487 e. The third-order valence-electron chi connectivity index (χ3n) is 6.65. The van der Waals surface area contributed by atoms with Crippen molar-refractivity contribution in [2.24, 2.45) is 5.11 Å². The van der Waals surface area contributed by atoms with E-state index in [0.717, 1.165) is 41.9 Å². The lowest BCUT2D eigenvalue weighted by Crippen LogP contribution is -2.51. The van der Waals surface area contributed by atoms with Gasteiger partial charge in [-0.2, -0.15) is 0 Å². The highest BCUT2D eigenvalue weighted by molar-refractivity contribution is 5.94. The molecule has 9 heteroatoms. The van der Waals surface area contributed by atoms with Crippen LogP contribution in [0.2, 0.25) is 0 Å². The number of likely N-dealkylation sites (tertiary alicyclic amines) is 1. The quantitative estimate of drug-likeness (QED) is 0.325. The van der Waals surface area contributed by atoms with Crippen LogP contribution in [0.4, 0.5) is 5.69 Å². The van der Waals surface area contributed by atoms with E-state index in [4.69, 9.17) is 10.3 Å². The second-order valence-electron chi connectivity index (χ2n) is 8.68.